The molecule has 0 saturated heterocycles. The van der Waals surface area contributed by atoms with E-state index in [0.717, 1.165) is 16.2 Å². The van der Waals surface area contributed by atoms with Gasteiger partial charge in [0.2, 0.25) is 5.56 Å². The molecule has 1 aromatic carbocycles. The van der Waals surface area contributed by atoms with E-state index in [4.69, 9.17) is 0 Å². The number of hydrogen-bond acceptors (Lipinski definition) is 2. The number of rotatable bonds is 1. The number of aromatic nitrogens is 1. The highest BCUT2D eigenvalue weighted by Gasteiger charge is 2.17. The Balaban J connectivity index is 2.58. The number of benzene rings is 1. The molecule has 1 N–H and O–H groups in total. The molecule has 2 aromatic heterocycles. The van der Waals surface area contributed by atoms with Crippen molar-refractivity contribution >= 4 is 31.6 Å². The summed E-state index contributed by atoms with van der Waals surface area (Å²) in [6.45, 7) is 0. The number of pyridine rings is 1. The molecule has 0 spiro atoms. The molecule has 0 unspecified atom stereocenters. The first-order valence-electron chi connectivity index (χ1n) is 4.99. The van der Waals surface area contributed by atoms with Crippen LogP contribution in [0.15, 0.2) is 35.1 Å². The van der Waals surface area contributed by atoms with Gasteiger partial charge < -0.3 is 4.98 Å². The Bertz CT molecular complexity index is 760. The van der Waals surface area contributed by atoms with Crippen molar-refractivity contribution in [3.8, 4) is 0 Å². The fourth-order valence-electron chi connectivity index (χ4n) is 1.95. The van der Waals surface area contributed by atoms with Crippen molar-refractivity contribution in [2.45, 2.75) is 6.43 Å². The summed E-state index contributed by atoms with van der Waals surface area (Å²) in [7, 11) is 0. The minimum atomic E-state index is -2.64. The third-order valence-electron chi connectivity index (χ3n) is 2.64. The third-order valence-corrected chi connectivity index (χ3v) is 3.73. The van der Waals surface area contributed by atoms with Crippen LogP contribution in [0, 0.1) is 0 Å². The van der Waals surface area contributed by atoms with Crippen molar-refractivity contribution in [1.29, 1.82) is 0 Å². The average Bonchev–Trinajstić information content (AvgIpc) is 2.65. The maximum Gasteiger partial charge on any atom is 0.264 e. The van der Waals surface area contributed by atoms with Gasteiger partial charge in [-0.2, -0.15) is 0 Å². The van der Waals surface area contributed by atoms with E-state index < -0.39 is 12.0 Å². The normalized spacial score (nSPS) is 11.7. The number of alkyl halides is 2. The van der Waals surface area contributed by atoms with E-state index in [0.29, 0.717) is 10.2 Å². The molecule has 0 atom stereocenters. The molecule has 5 heteroatoms. The van der Waals surface area contributed by atoms with Gasteiger partial charge in [-0.15, -0.1) is 11.3 Å². The van der Waals surface area contributed by atoms with E-state index in [1.807, 2.05) is 12.1 Å². The van der Waals surface area contributed by atoms with E-state index in [1.165, 1.54) is 11.3 Å². The predicted octanol–water partition coefficient (Wildman–Crippen LogP) is 3.68. The molecule has 0 saturated carbocycles. The Labute approximate surface area is 98.5 Å². The maximum absolute atomic E-state index is 12.9. The molecule has 0 aliphatic rings. The van der Waals surface area contributed by atoms with Crippen molar-refractivity contribution in [2.24, 2.45) is 0 Å². The summed E-state index contributed by atoms with van der Waals surface area (Å²) in [5.41, 5.74) is -0.680. The first kappa shape index (κ1) is 10.4. The second-order valence-corrected chi connectivity index (χ2v) is 4.74. The zero-order chi connectivity index (χ0) is 12.0. The number of thiophene rings is 1. The van der Waals surface area contributed by atoms with E-state index in [1.54, 1.807) is 12.1 Å². The fourth-order valence-corrected chi connectivity index (χ4v) is 3.08. The van der Waals surface area contributed by atoms with Crippen LogP contribution in [0.2, 0.25) is 0 Å². The second-order valence-electron chi connectivity index (χ2n) is 3.69. The van der Waals surface area contributed by atoms with Crippen molar-refractivity contribution < 1.29 is 8.78 Å². The van der Waals surface area contributed by atoms with Gasteiger partial charge in [0.1, 0.15) is 4.83 Å². The van der Waals surface area contributed by atoms with E-state index >= 15 is 0 Å². The van der Waals surface area contributed by atoms with Crippen molar-refractivity contribution in [1.82, 2.24) is 4.98 Å². The smallest absolute Gasteiger partial charge is 0.264 e. The highest BCUT2D eigenvalue weighted by molar-refractivity contribution is 7.25. The fraction of sp³-hybridized carbons (Fsp3) is 0.0833. The number of fused-ring (bicyclic) bond motifs is 3. The van der Waals surface area contributed by atoms with Crippen LogP contribution in [0.3, 0.4) is 0 Å². The molecule has 17 heavy (non-hydrogen) atoms. The Hall–Kier alpha value is -1.75. The van der Waals surface area contributed by atoms with Gasteiger partial charge in [-0.1, -0.05) is 18.2 Å². The molecular weight excluding hydrogens is 244 g/mol. The van der Waals surface area contributed by atoms with Gasteiger partial charge in [0, 0.05) is 27.1 Å². The maximum atomic E-state index is 12.9. The third kappa shape index (κ3) is 1.54. The van der Waals surface area contributed by atoms with E-state index in [9.17, 15) is 13.6 Å². The van der Waals surface area contributed by atoms with Crippen LogP contribution in [0.4, 0.5) is 8.78 Å². The first-order valence-corrected chi connectivity index (χ1v) is 5.81. The van der Waals surface area contributed by atoms with Gasteiger partial charge >= 0.3 is 0 Å². The topological polar surface area (TPSA) is 32.9 Å². The summed E-state index contributed by atoms with van der Waals surface area (Å²) in [5, 5.41) is 1.22. The molecule has 86 valence electrons. The van der Waals surface area contributed by atoms with Gasteiger partial charge in [0.05, 0.1) is 0 Å². The monoisotopic (exact) mass is 251 g/mol. The Kier molecular flexibility index (Phi) is 2.22. The van der Waals surface area contributed by atoms with Gasteiger partial charge in [0.15, 0.2) is 0 Å². The minimum absolute atomic E-state index is 0.193. The molecule has 0 fully saturated rings. The lowest BCUT2D eigenvalue weighted by Crippen LogP contribution is -2.05. The summed E-state index contributed by atoms with van der Waals surface area (Å²) >= 11 is 1.32. The highest BCUT2D eigenvalue weighted by Crippen LogP contribution is 2.36. The van der Waals surface area contributed by atoms with E-state index in [2.05, 4.69) is 4.98 Å². The lowest BCUT2D eigenvalue weighted by atomic mass is 10.1. The largest absolute Gasteiger partial charge is 0.314 e. The molecule has 0 amide bonds. The molecular formula is C12H7F2NOS. The van der Waals surface area contributed by atoms with Crippen LogP contribution in [0.1, 0.15) is 12.0 Å². The Morgan fingerprint density at radius 1 is 1.24 bits per heavy atom. The van der Waals surface area contributed by atoms with Crippen LogP contribution in [-0.4, -0.2) is 4.98 Å². The lowest BCUT2D eigenvalue weighted by Gasteiger charge is -2.01. The predicted molar refractivity (Wildman–Crippen MR) is 64.9 cm³/mol. The van der Waals surface area contributed by atoms with Crippen molar-refractivity contribution in [3.05, 3.63) is 46.2 Å². The zero-order valence-electron chi connectivity index (χ0n) is 8.54. The molecule has 0 aliphatic carbocycles. The molecule has 3 aromatic rings. The zero-order valence-corrected chi connectivity index (χ0v) is 9.35. The molecule has 0 aliphatic heterocycles. The summed E-state index contributed by atoms with van der Waals surface area (Å²) in [6.07, 6.45) is -2.64. The highest BCUT2D eigenvalue weighted by atomic mass is 32.1. The van der Waals surface area contributed by atoms with Gasteiger partial charge in [-0.25, -0.2) is 8.78 Å². The second kappa shape index (κ2) is 3.63. The quantitative estimate of drug-likeness (QED) is 0.703. The molecule has 2 nitrogen and oxygen atoms in total. The van der Waals surface area contributed by atoms with E-state index in [-0.39, 0.29) is 5.56 Å². The summed E-state index contributed by atoms with van der Waals surface area (Å²) in [6, 6.07) is 8.27. The Morgan fingerprint density at radius 2 is 2.00 bits per heavy atom. The molecule has 3 rings (SSSR count). The van der Waals surface area contributed by atoms with Gasteiger partial charge in [-0.05, 0) is 6.07 Å². The summed E-state index contributed by atoms with van der Waals surface area (Å²) in [4.78, 5) is 14.4. The van der Waals surface area contributed by atoms with Crippen molar-refractivity contribution in [2.75, 3.05) is 0 Å². The standard InChI is InChI=1S/C12H7F2NOS/c13-11(14)7-5-9(16)15-12-10(7)6-3-1-2-4-8(6)17-12/h1-5,11H,(H,15,16). The average molecular weight is 251 g/mol. The van der Waals surface area contributed by atoms with Crippen molar-refractivity contribution in [3.63, 3.8) is 0 Å². The summed E-state index contributed by atoms with van der Waals surface area (Å²) < 4.78 is 26.8. The van der Waals surface area contributed by atoms with Gasteiger partial charge in [-0.3, -0.25) is 4.79 Å². The van der Waals surface area contributed by atoms with Crippen LogP contribution in [0.25, 0.3) is 20.3 Å². The number of aromatic amines is 1. The molecule has 0 bridgehead atoms. The molecule has 0 radical (unpaired) electrons. The number of H-pyrrole nitrogens is 1. The van der Waals surface area contributed by atoms with Crippen LogP contribution >= 0.6 is 11.3 Å². The van der Waals surface area contributed by atoms with Crippen LogP contribution < -0.4 is 5.56 Å². The SMILES string of the molecule is O=c1cc(C(F)F)c2c([nH]1)sc1ccccc12. The minimum Gasteiger partial charge on any atom is -0.314 e. The summed E-state index contributed by atoms with van der Waals surface area (Å²) in [5.74, 6) is 0. The number of halogens is 2. The molecule has 2 heterocycles. The van der Waals surface area contributed by atoms with Gasteiger partial charge in [0.25, 0.3) is 6.43 Å². The van der Waals surface area contributed by atoms with Crippen LogP contribution in [0.5, 0.6) is 0 Å². The van der Waals surface area contributed by atoms with Crippen LogP contribution in [-0.2, 0) is 0 Å². The number of hydrogen-bond donors (Lipinski definition) is 1. The first-order chi connectivity index (χ1) is 8.16. The number of nitrogens with one attached hydrogen (secondary N) is 1. The lowest BCUT2D eigenvalue weighted by molar-refractivity contribution is 0.153. The Morgan fingerprint density at radius 3 is 2.76 bits per heavy atom.